The number of pyridine rings is 1. The average molecular weight is 518 g/mol. The lowest BCUT2D eigenvalue weighted by Gasteiger charge is -2.35. The summed E-state index contributed by atoms with van der Waals surface area (Å²) in [5, 5.41) is 0.0886. The minimum atomic E-state index is -3.76. The lowest BCUT2D eigenvalue weighted by atomic mass is 10.0. The molecule has 3 aromatic heterocycles. The predicted molar refractivity (Wildman–Crippen MR) is 140 cm³/mol. The maximum atomic E-state index is 13.0. The Kier molecular flexibility index (Phi) is 6.84. The molecule has 35 heavy (non-hydrogen) atoms. The summed E-state index contributed by atoms with van der Waals surface area (Å²) in [5.41, 5.74) is 4.21. The fourth-order valence-electron chi connectivity index (χ4n) is 3.66. The van der Waals surface area contributed by atoms with Crippen LogP contribution in [0.2, 0.25) is 18.1 Å². The average Bonchev–Trinajstić information content (AvgIpc) is 3.44. The molecule has 1 aliphatic rings. The highest BCUT2D eigenvalue weighted by Crippen LogP contribution is 2.37. The quantitative estimate of drug-likeness (QED) is 0.437. The minimum absolute atomic E-state index is 0.0886. The van der Waals surface area contributed by atoms with Gasteiger partial charge in [0, 0.05) is 38.9 Å². The topological polar surface area (TPSA) is 91.0 Å². The number of fused-ring (bicyclic) bond motifs is 1. The highest BCUT2D eigenvalue weighted by molar-refractivity contribution is 7.87. The number of aromatic nitrogens is 4. The monoisotopic (exact) mass is 517 g/mol. The van der Waals surface area contributed by atoms with Gasteiger partial charge in [-0.15, -0.1) is 0 Å². The second-order valence-corrected chi connectivity index (χ2v) is 17.4. The molecule has 0 aliphatic carbocycles. The van der Waals surface area contributed by atoms with Crippen LogP contribution in [0.4, 0.5) is 0 Å². The van der Waals surface area contributed by atoms with Gasteiger partial charge in [-0.2, -0.15) is 12.7 Å². The molecule has 9 nitrogen and oxygen atoms in total. The van der Waals surface area contributed by atoms with Crippen molar-refractivity contribution in [3.63, 3.8) is 0 Å². The SMILES string of the molecule is CN(C)S(=O)(=O)n1ccnc1-c1cc(C2=CCOCC2)cn2cc(CO[Si](C)(C)C(C)(C)C)nc12. The number of imidazole rings is 2. The van der Waals surface area contributed by atoms with Crippen molar-refractivity contribution in [2.75, 3.05) is 27.3 Å². The molecule has 0 bridgehead atoms. The van der Waals surface area contributed by atoms with Crippen molar-refractivity contribution in [1.82, 2.24) is 22.6 Å². The molecule has 190 valence electrons. The van der Waals surface area contributed by atoms with E-state index in [1.807, 2.05) is 22.9 Å². The molecule has 0 radical (unpaired) electrons. The summed E-state index contributed by atoms with van der Waals surface area (Å²) < 4.78 is 42.2. The highest BCUT2D eigenvalue weighted by Gasteiger charge is 2.37. The van der Waals surface area contributed by atoms with Crippen LogP contribution in [0.15, 0.2) is 36.9 Å². The molecule has 3 aromatic rings. The van der Waals surface area contributed by atoms with Gasteiger partial charge in [0.25, 0.3) is 0 Å². The zero-order valence-electron chi connectivity index (χ0n) is 21.6. The molecule has 1 aliphatic heterocycles. The zero-order chi connectivity index (χ0) is 25.6. The molecule has 0 fully saturated rings. The van der Waals surface area contributed by atoms with Crippen LogP contribution >= 0.6 is 0 Å². The number of nitrogens with zero attached hydrogens (tertiary/aromatic N) is 5. The van der Waals surface area contributed by atoms with E-state index in [0.29, 0.717) is 36.9 Å². The van der Waals surface area contributed by atoms with E-state index >= 15 is 0 Å². The largest absolute Gasteiger partial charge is 0.411 e. The molecule has 0 saturated heterocycles. The standard InChI is InChI=1S/C24H35N5O4SSi/c1-24(2,3)35(6,7)33-17-20-16-28-15-19(18-8-12-32-13-9-18)14-21(23(28)26-20)22-25-10-11-29(22)34(30,31)27(4)5/h8,10-11,14-16H,9,12-13,17H2,1-7H3. The third kappa shape index (κ3) is 5.01. The van der Waals surface area contributed by atoms with Crippen LogP contribution in [0.3, 0.4) is 0 Å². The fraction of sp³-hybridized carbons (Fsp3) is 0.500. The van der Waals surface area contributed by atoms with E-state index in [-0.39, 0.29) is 5.04 Å². The smallest absolute Gasteiger partial charge is 0.308 e. The van der Waals surface area contributed by atoms with Crippen molar-refractivity contribution in [3.8, 4) is 11.4 Å². The molecule has 0 aromatic carbocycles. The van der Waals surface area contributed by atoms with Crippen molar-refractivity contribution in [3.05, 3.63) is 48.2 Å². The number of hydrogen-bond donors (Lipinski definition) is 0. The number of ether oxygens (including phenoxy) is 1. The Hall–Kier alpha value is -2.31. The van der Waals surface area contributed by atoms with Gasteiger partial charge in [-0.1, -0.05) is 26.8 Å². The second-order valence-electron chi connectivity index (χ2n) is 10.5. The molecular formula is C24H35N5O4SSi. The van der Waals surface area contributed by atoms with Gasteiger partial charge in [0.15, 0.2) is 14.1 Å². The Morgan fingerprint density at radius 1 is 1.23 bits per heavy atom. The van der Waals surface area contributed by atoms with Gasteiger partial charge in [-0.05, 0) is 41.8 Å². The van der Waals surface area contributed by atoms with Crippen molar-refractivity contribution >= 4 is 29.7 Å². The van der Waals surface area contributed by atoms with E-state index < -0.39 is 18.5 Å². The Balaban J connectivity index is 1.85. The first-order valence-electron chi connectivity index (χ1n) is 11.7. The first kappa shape index (κ1) is 25.8. The molecular weight excluding hydrogens is 482 g/mol. The van der Waals surface area contributed by atoms with Gasteiger partial charge in [-0.25, -0.2) is 13.9 Å². The van der Waals surface area contributed by atoms with Crippen LogP contribution in [0.1, 0.15) is 38.4 Å². The third-order valence-electron chi connectivity index (χ3n) is 6.88. The molecule has 0 unspecified atom stereocenters. The van der Waals surface area contributed by atoms with Crippen molar-refractivity contribution in [2.45, 2.75) is 51.9 Å². The van der Waals surface area contributed by atoms with Crippen molar-refractivity contribution in [2.24, 2.45) is 0 Å². The van der Waals surface area contributed by atoms with Crippen molar-refractivity contribution in [1.29, 1.82) is 0 Å². The zero-order valence-corrected chi connectivity index (χ0v) is 23.4. The normalized spacial score (nSPS) is 15.7. The van der Waals surface area contributed by atoms with Crippen LogP contribution in [0, 0.1) is 0 Å². The second kappa shape index (κ2) is 9.29. The molecule has 0 spiro atoms. The first-order valence-corrected chi connectivity index (χ1v) is 16.0. The number of hydrogen-bond acceptors (Lipinski definition) is 6. The third-order valence-corrected chi connectivity index (χ3v) is 13.1. The first-order chi connectivity index (χ1) is 16.3. The van der Waals surface area contributed by atoms with Gasteiger partial charge in [0.2, 0.25) is 0 Å². The number of rotatable bonds is 7. The summed E-state index contributed by atoms with van der Waals surface area (Å²) in [6, 6.07) is 1.97. The van der Waals surface area contributed by atoms with E-state index in [9.17, 15) is 8.42 Å². The molecule has 4 rings (SSSR count). The van der Waals surface area contributed by atoms with E-state index in [0.717, 1.165) is 23.3 Å². The van der Waals surface area contributed by atoms with Gasteiger partial charge in [-0.3, -0.25) is 0 Å². The highest BCUT2D eigenvalue weighted by atomic mass is 32.2. The van der Waals surface area contributed by atoms with E-state index in [4.69, 9.17) is 14.1 Å². The van der Waals surface area contributed by atoms with Crippen LogP contribution < -0.4 is 0 Å². The van der Waals surface area contributed by atoms with E-state index in [1.165, 1.54) is 34.8 Å². The summed E-state index contributed by atoms with van der Waals surface area (Å²) in [6.45, 7) is 12.7. The molecule has 0 amide bonds. The van der Waals surface area contributed by atoms with Crippen LogP contribution in [-0.2, 0) is 26.0 Å². The van der Waals surface area contributed by atoms with Gasteiger partial charge >= 0.3 is 10.2 Å². The summed E-state index contributed by atoms with van der Waals surface area (Å²) in [7, 11) is -2.71. The van der Waals surface area contributed by atoms with Gasteiger partial charge in [0.1, 0.15) is 5.65 Å². The Morgan fingerprint density at radius 2 is 1.97 bits per heavy atom. The predicted octanol–water partition coefficient (Wildman–Crippen LogP) is 4.18. The van der Waals surface area contributed by atoms with Crippen molar-refractivity contribution < 1.29 is 17.6 Å². The fourth-order valence-corrected chi connectivity index (χ4v) is 5.53. The maximum absolute atomic E-state index is 13.0. The lowest BCUT2D eigenvalue weighted by Crippen LogP contribution is -2.40. The van der Waals surface area contributed by atoms with E-state index in [2.05, 4.69) is 44.9 Å². The molecule has 0 atom stereocenters. The molecule has 4 heterocycles. The Bertz CT molecular complexity index is 1370. The van der Waals surface area contributed by atoms with Gasteiger partial charge < -0.3 is 13.6 Å². The Labute approximate surface area is 208 Å². The van der Waals surface area contributed by atoms with E-state index in [1.54, 1.807) is 0 Å². The lowest BCUT2D eigenvalue weighted by molar-refractivity contribution is 0.161. The summed E-state index contributed by atoms with van der Waals surface area (Å²) in [4.78, 5) is 9.30. The van der Waals surface area contributed by atoms with Crippen LogP contribution in [0.5, 0.6) is 0 Å². The van der Waals surface area contributed by atoms with Crippen LogP contribution in [-0.4, -0.2) is 66.7 Å². The summed E-state index contributed by atoms with van der Waals surface area (Å²) in [6.07, 6.45) is 9.81. The Morgan fingerprint density at radius 3 is 2.60 bits per heavy atom. The molecule has 0 saturated carbocycles. The van der Waals surface area contributed by atoms with Gasteiger partial charge in [0.05, 0.1) is 31.1 Å². The maximum Gasteiger partial charge on any atom is 0.308 e. The molecule has 11 heteroatoms. The van der Waals surface area contributed by atoms with Crippen LogP contribution in [0.25, 0.3) is 22.6 Å². The summed E-state index contributed by atoms with van der Waals surface area (Å²) in [5.74, 6) is 0.320. The molecule has 0 N–H and O–H groups in total. The summed E-state index contributed by atoms with van der Waals surface area (Å²) >= 11 is 0. The minimum Gasteiger partial charge on any atom is -0.411 e.